The van der Waals surface area contributed by atoms with Crippen LogP contribution in [-0.4, -0.2) is 67.5 Å². The summed E-state index contributed by atoms with van der Waals surface area (Å²) in [5.74, 6) is 1.70. The molecule has 2 fully saturated rings. The van der Waals surface area contributed by atoms with Crippen molar-refractivity contribution in [2.75, 3.05) is 44.7 Å². The Hall–Kier alpha value is -2.05. The minimum absolute atomic E-state index is 0.0629. The SMILES string of the molecule is COc1ccccc1N1CCN(CC(C)[C@@H]2CC[C@@H](C)[C@]3(O)[CH][C@@H](OC(C)=O)C(C)=C[C@H]23)CC1. The van der Waals surface area contributed by atoms with E-state index >= 15 is 0 Å². The molecular formula is C28H41N2O4. The molecule has 0 amide bonds. The second-order valence-corrected chi connectivity index (χ2v) is 10.6. The van der Waals surface area contributed by atoms with E-state index < -0.39 is 11.7 Å². The van der Waals surface area contributed by atoms with Gasteiger partial charge in [-0.1, -0.05) is 32.1 Å². The summed E-state index contributed by atoms with van der Waals surface area (Å²) in [4.78, 5) is 16.6. The molecule has 1 N–H and O–H groups in total. The summed E-state index contributed by atoms with van der Waals surface area (Å²) in [5, 5.41) is 11.8. The molecule has 1 unspecified atom stereocenters. The van der Waals surface area contributed by atoms with Crippen LogP contribution in [0.4, 0.5) is 5.69 Å². The molecule has 3 aliphatic rings. The van der Waals surface area contributed by atoms with Crippen molar-refractivity contribution in [1.29, 1.82) is 0 Å². The summed E-state index contributed by atoms with van der Waals surface area (Å²) in [6.45, 7) is 13.0. The number of anilines is 1. The van der Waals surface area contributed by atoms with Crippen molar-refractivity contribution in [1.82, 2.24) is 4.90 Å². The molecule has 0 aromatic heterocycles. The Kier molecular flexibility index (Phi) is 7.58. The summed E-state index contributed by atoms with van der Waals surface area (Å²) < 4.78 is 11.1. The lowest BCUT2D eigenvalue weighted by atomic mass is 9.57. The highest BCUT2D eigenvalue weighted by atomic mass is 16.5. The standard InChI is InChI=1S/C28H41N2O4/c1-19-16-24-23(11-10-21(3)28(24,32)17-27(19)34-22(4)31)20(2)18-29-12-14-30(15-13-29)25-8-6-7-9-26(25)33-5/h6-9,16-17,20-21,23-24,27,32H,10-15,18H2,1-5H3/t20?,21-,23+,24-,27-,28-/m1/s1. The lowest BCUT2D eigenvalue weighted by Gasteiger charge is -2.53. The fraction of sp³-hybridized carbons (Fsp3) is 0.643. The largest absolute Gasteiger partial charge is 0.495 e. The van der Waals surface area contributed by atoms with E-state index in [-0.39, 0.29) is 17.8 Å². The lowest BCUT2D eigenvalue weighted by molar-refractivity contribution is -0.148. The zero-order valence-electron chi connectivity index (χ0n) is 21.4. The maximum absolute atomic E-state index is 11.8. The van der Waals surface area contributed by atoms with Gasteiger partial charge in [0.2, 0.25) is 0 Å². The molecule has 1 heterocycles. The number of para-hydroxylation sites is 2. The van der Waals surface area contributed by atoms with Crippen LogP contribution < -0.4 is 9.64 Å². The molecule has 187 valence electrons. The molecule has 0 spiro atoms. The summed E-state index contributed by atoms with van der Waals surface area (Å²) >= 11 is 0. The molecule has 1 aromatic carbocycles. The van der Waals surface area contributed by atoms with E-state index in [0.29, 0.717) is 11.8 Å². The average molecular weight is 470 g/mol. The number of nitrogens with zero attached hydrogens (tertiary/aromatic N) is 2. The van der Waals surface area contributed by atoms with Crippen molar-refractivity contribution >= 4 is 11.7 Å². The number of ether oxygens (including phenoxy) is 2. The third-order valence-electron chi connectivity index (χ3n) is 8.40. The number of aliphatic hydroxyl groups is 1. The molecule has 1 aliphatic heterocycles. The molecule has 4 rings (SSSR count). The van der Waals surface area contributed by atoms with Crippen LogP contribution >= 0.6 is 0 Å². The van der Waals surface area contributed by atoms with E-state index in [4.69, 9.17) is 9.47 Å². The van der Waals surface area contributed by atoms with Gasteiger partial charge in [0.1, 0.15) is 11.9 Å². The van der Waals surface area contributed by atoms with Gasteiger partial charge in [-0.2, -0.15) is 0 Å². The van der Waals surface area contributed by atoms with Gasteiger partial charge in [0.05, 0.1) is 18.4 Å². The zero-order chi connectivity index (χ0) is 24.5. The van der Waals surface area contributed by atoms with Gasteiger partial charge in [0, 0.05) is 52.0 Å². The van der Waals surface area contributed by atoms with Crippen molar-refractivity contribution in [3.8, 4) is 5.75 Å². The highest BCUT2D eigenvalue weighted by molar-refractivity contribution is 5.66. The van der Waals surface area contributed by atoms with Crippen molar-refractivity contribution < 1.29 is 19.4 Å². The van der Waals surface area contributed by atoms with Crippen LogP contribution in [0.2, 0.25) is 0 Å². The number of esters is 1. The predicted molar refractivity (Wildman–Crippen MR) is 135 cm³/mol. The topological polar surface area (TPSA) is 62.2 Å². The second-order valence-electron chi connectivity index (χ2n) is 10.6. The quantitative estimate of drug-likeness (QED) is 0.503. The normalized spacial score (nSPS) is 33.0. The van der Waals surface area contributed by atoms with Crippen LogP contribution in [-0.2, 0) is 9.53 Å². The highest BCUT2D eigenvalue weighted by Crippen LogP contribution is 2.50. The molecule has 6 nitrogen and oxygen atoms in total. The van der Waals surface area contributed by atoms with Crippen molar-refractivity contribution in [3.63, 3.8) is 0 Å². The van der Waals surface area contributed by atoms with E-state index in [9.17, 15) is 9.90 Å². The van der Waals surface area contributed by atoms with Crippen LogP contribution in [0.25, 0.3) is 0 Å². The number of rotatable bonds is 6. The maximum Gasteiger partial charge on any atom is 0.303 e. The van der Waals surface area contributed by atoms with E-state index in [0.717, 1.165) is 56.9 Å². The third-order valence-corrected chi connectivity index (χ3v) is 8.40. The van der Waals surface area contributed by atoms with E-state index in [1.165, 1.54) is 12.6 Å². The maximum atomic E-state index is 11.8. The Morgan fingerprint density at radius 1 is 1.21 bits per heavy atom. The molecule has 6 atom stereocenters. The van der Waals surface area contributed by atoms with Crippen LogP contribution in [0.3, 0.4) is 0 Å². The molecule has 1 saturated heterocycles. The molecule has 1 radical (unpaired) electrons. The van der Waals surface area contributed by atoms with Gasteiger partial charge >= 0.3 is 5.97 Å². The monoisotopic (exact) mass is 469 g/mol. The van der Waals surface area contributed by atoms with Crippen molar-refractivity contribution in [2.24, 2.45) is 23.7 Å². The molecule has 34 heavy (non-hydrogen) atoms. The number of carbonyl (C=O) groups is 1. The predicted octanol–water partition coefficient (Wildman–Crippen LogP) is 3.94. The van der Waals surface area contributed by atoms with Crippen LogP contribution in [0.15, 0.2) is 35.9 Å². The number of fused-ring (bicyclic) bond motifs is 1. The number of benzene rings is 1. The molecule has 2 aliphatic carbocycles. The highest BCUT2D eigenvalue weighted by Gasteiger charge is 2.53. The van der Waals surface area contributed by atoms with Gasteiger partial charge in [-0.3, -0.25) is 9.69 Å². The van der Waals surface area contributed by atoms with Gasteiger partial charge < -0.3 is 19.5 Å². The summed E-state index contributed by atoms with van der Waals surface area (Å²) in [6, 6.07) is 8.25. The van der Waals surface area contributed by atoms with Crippen molar-refractivity contribution in [2.45, 2.75) is 52.2 Å². The van der Waals surface area contributed by atoms with Crippen molar-refractivity contribution in [3.05, 3.63) is 42.3 Å². The minimum atomic E-state index is -0.931. The fourth-order valence-electron chi connectivity index (χ4n) is 6.36. The number of hydrogen-bond donors (Lipinski definition) is 1. The summed E-state index contributed by atoms with van der Waals surface area (Å²) in [6.07, 6.45) is 5.78. The van der Waals surface area contributed by atoms with E-state index in [2.05, 4.69) is 41.9 Å². The Morgan fingerprint density at radius 2 is 1.91 bits per heavy atom. The Morgan fingerprint density at radius 3 is 2.59 bits per heavy atom. The average Bonchev–Trinajstić information content (AvgIpc) is 2.81. The molecular weight excluding hydrogens is 428 g/mol. The molecule has 1 aromatic rings. The second kappa shape index (κ2) is 10.3. The molecule has 1 saturated carbocycles. The summed E-state index contributed by atoms with van der Waals surface area (Å²) in [5.41, 5.74) is 1.27. The Bertz CT molecular complexity index is 894. The smallest absolute Gasteiger partial charge is 0.303 e. The fourth-order valence-corrected chi connectivity index (χ4v) is 6.36. The van der Waals surface area contributed by atoms with Gasteiger partial charge in [-0.15, -0.1) is 0 Å². The van der Waals surface area contributed by atoms with E-state index in [1.54, 1.807) is 7.11 Å². The lowest BCUT2D eigenvalue weighted by Crippen LogP contribution is -2.57. The summed E-state index contributed by atoms with van der Waals surface area (Å²) in [7, 11) is 1.73. The van der Waals surface area contributed by atoms with Gasteiger partial charge in [-0.25, -0.2) is 0 Å². The Balaban J connectivity index is 1.41. The first kappa shape index (κ1) is 25.1. The Labute approximate surface area is 204 Å². The van der Waals surface area contributed by atoms with Crippen LogP contribution in [0, 0.1) is 30.1 Å². The zero-order valence-corrected chi connectivity index (χ0v) is 21.4. The van der Waals surface area contributed by atoms with Gasteiger partial charge in [-0.05, 0) is 55.2 Å². The van der Waals surface area contributed by atoms with Gasteiger partial charge in [0.15, 0.2) is 0 Å². The number of methoxy groups -OCH3 is 1. The number of carbonyl (C=O) groups excluding carboxylic acids is 1. The van der Waals surface area contributed by atoms with Crippen LogP contribution in [0.5, 0.6) is 5.75 Å². The van der Waals surface area contributed by atoms with Crippen LogP contribution in [0.1, 0.15) is 40.5 Å². The first-order valence-electron chi connectivity index (χ1n) is 12.8. The number of piperazine rings is 1. The number of hydrogen-bond acceptors (Lipinski definition) is 6. The first-order valence-corrected chi connectivity index (χ1v) is 12.8. The third kappa shape index (κ3) is 4.99. The molecule has 0 bridgehead atoms. The van der Waals surface area contributed by atoms with E-state index in [1.807, 2.05) is 25.5 Å². The molecule has 6 heteroatoms. The first-order chi connectivity index (χ1) is 16.2. The van der Waals surface area contributed by atoms with Gasteiger partial charge in [0.25, 0.3) is 0 Å². The minimum Gasteiger partial charge on any atom is -0.495 e.